The van der Waals surface area contributed by atoms with Crippen LogP contribution in [0.25, 0.3) is 11.1 Å². The average Bonchev–Trinajstić information content (AvgIpc) is 3.44. The van der Waals surface area contributed by atoms with E-state index in [2.05, 4.69) is 22.5 Å². The Kier molecular flexibility index (Phi) is 5.98. The molecule has 0 fully saturated rings. The number of benzene rings is 2. The summed E-state index contributed by atoms with van der Waals surface area (Å²) in [4.78, 5) is 38.8. The molecule has 1 aliphatic heterocycles. The average molecular weight is 475 g/mol. The molecule has 1 atom stereocenters. The van der Waals surface area contributed by atoms with Gasteiger partial charge in [-0.3, -0.25) is 9.48 Å². The molecule has 0 saturated carbocycles. The van der Waals surface area contributed by atoms with Crippen molar-refractivity contribution in [1.29, 1.82) is 0 Å². The van der Waals surface area contributed by atoms with Gasteiger partial charge >= 0.3 is 12.1 Å². The van der Waals surface area contributed by atoms with Gasteiger partial charge < -0.3 is 20.1 Å². The fraction of sp³-hybridized carbons (Fsp3) is 0.308. The second-order valence-electron chi connectivity index (χ2n) is 8.72. The molecule has 1 aliphatic carbocycles. The fourth-order valence-electron chi connectivity index (χ4n) is 4.95. The van der Waals surface area contributed by atoms with Crippen LogP contribution in [0.2, 0.25) is 0 Å². The number of carboxylic acid groups (broad SMARTS) is 1. The van der Waals surface area contributed by atoms with Crippen LogP contribution in [0.3, 0.4) is 0 Å². The third-order valence-corrected chi connectivity index (χ3v) is 6.76. The number of nitrogens with one attached hydrogen (secondary N) is 1. The highest BCUT2D eigenvalue weighted by Crippen LogP contribution is 2.44. The van der Waals surface area contributed by atoms with Crippen LogP contribution in [0.4, 0.5) is 4.79 Å². The van der Waals surface area contributed by atoms with Gasteiger partial charge in [0, 0.05) is 12.5 Å². The van der Waals surface area contributed by atoms with Crippen molar-refractivity contribution < 1.29 is 24.2 Å². The number of fused-ring (bicyclic) bond motifs is 4. The number of nitrogens with zero attached hydrogens (tertiary/aromatic N) is 3. The molecule has 9 nitrogen and oxygen atoms in total. The maximum Gasteiger partial charge on any atom is 0.407 e. The van der Waals surface area contributed by atoms with Crippen molar-refractivity contribution in [2.24, 2.45) is 0 Å². The highest BCUT2D eigenvalue weighted by atomic mass is 16.5. The summed E-state index contributed by atoms with van der Waals surface area (Å²) in [6.07, 6.45) is 1.03. The lowest BCUT2D eigenvalue weighted by Gasteiger charge is -2.31. The van der Waals surface area contributed by atoms with Crippen molar-refractivity contribution in [1.82, 2.24) is 20.0 Å². The fourth-order valence-corrected chi connectivity index (χ4v) is 4.95. The normalized spacial score (nSPS) is 15.1. The van der Waals surface area contributed by atoms with E-state index in [9.17, 15) is 19.5 Å². The standard InChI is InChI=1S/C26H26N4O5/c1-2-22(24(31)29-11-12-30-23(14-29)20(13-27-30)25(32)33)28-26(34)35-15-21-18-9-5-3-7-16(18)17-8-4-6-10-19(17)21/h3-10,13,21-22H,2,11-12,14-15H2,1H3,(H,28,34)(H,32,33)/t22-/m1/s1. The Morgan fingerprint density at radius 2 is 1.74 bits per heavy atom. The van der Waals surface area contributed by atoms with E-state index in [4.69, 9.17) is 4.74 Å². The van der Waals surface area contributed by atoms with Crippen molar-refractivity contribution in [2.75, 3.05) is 13.2 Å². The van der Waals surface area contributed by atoms with E-state index in [0.717, 1.165) is 22.3 Å². The minimum Gasteiger partial charge on any atom is -0.478 e. The van der Waals surface area contributed by atoms with Crippen molar-refractivity contribution in [2.45, 2.75) is 38.4 Å². The van der Waals surface area contributed by atoms with Gasteiger partial charge in [0.2, 0.25) is 5.91 Å². The molecule has 0 saturated heterocycles. The third kappa shape index (κ3) is 4.14. The molecule has 9 heteroatoms. The summed E-state index contributed by atoms with van der Waals surface area (Å²) in [6, 6.07) is 15.4. The number of aromatic carboxylic acids is 1. The topological polar surface area (TPSA) is 114 Å². The first-order chi connectivity index (χ1) is 17.0. The molecule has 180 valence electrons. The Morgan fingerprint density at radius 1 is 1.09 bits per heavy atom. The molecule has 2 N–H and O–H groups in total. The predicted octanol–water partition coefficient (Wildman–Crippen LogP) is 3.24. The van der Waals surface area contributed by atoms with E-state index in [1.54, 1.807) is 9.58 Å². The van der Waals surface area contributed by atoms with E-state index in [0.29, 0.717) is 25.2 Å². The minimum absolute atomic E-state index is 0.0688. The number of ether oxygens (including phenoxy) is 1. The zero-order valence-corrected chi connectivity index (χ0v) is 19.3. The summed E-state index contributed by atoms with van der Waals surface area (Å²) in [5, 5.41) is 16.2. The van der Waals surface area contributed by atoms with Crippen LogP contribution >= 0.6 is 0 Å². The van der Waals surface area contributed by atoms with Crippen LogP contribution in [0.5, 0.6) is 0 Å². The quantitative estimate of drug-likeness (QED) is 0.567. The SMILES string of the molecule is CC[C@@H](NC(=O)OCC1c2ccccc2-c2ccccc21)C(=O)N1CCn2ncc(C(=O)O)c2C1. The van der Waals surface area contributed by atoms with Crippen molar-refractivity contribution in [3.05, 3.63) is 77.1 Å². The van der Waals surface area contributed by atoms with Crippen LogP contribution < -0.4 is 5.32 Å². The molecular weight excluding hydrogens is 448 g/mol. The Balaban J connectivity index is 1.23. The number of alkyl carbamates (subject to hydrolysis) is 1. The van der Waals surface area contributed by atoms with Gasteiger partial charge in [0.05, 0.1) is 25.0 Å². The highest BCUT2D eigenvalue weighted by molar-refractivity contribution is 5.89. The van der Waals surface area contributed by atoms with Gasteiger partial charge in [-0.15, -0.1) is 0 Å². The maximum atomic E-state index is 13.1. The summed E-state index contributed by atoms with van der Waals surface area (Å²) >= 11 is 0. The monoisotopic (exact) mass is 474 g/mol. The van der Waals surface area contributed by atoms with E-state index in [-0.39, 0.29) is 30.5 Å². The number of carbonyl (C=O) groups is 3. The number of rotatable bonds is 6. The molecule has 2 aromatic carbocycles. The molecule has 2 amide bonds. The summed E-state index contributed by atoms with van der Waals surface area (Å²) in [5.74, 6) is -1.42. The van der Waals surface area contributed by atoms with Gasteiger partial charge in [-0.2, -0.15) is 5.10 Å². The van der Waals surface area contributed by atoms with Gasteiger partial charge in [-0.1, -0.05) is 55.5 Å². The molecule has 5 rings (SSSR count). The summed E-state index contributed by atoms with van der Waals surface area (Å²) < 4.78 is 7.20. The lowest BCUT2D eigenvalue weighted by Crippen LogP contribution is -2.50. The van der Waals surface area contributed by atoms with Crippen molar-refractivity contribution in [3.63, 3.8) is 0 Å². The zero-order valence-electron chi connectivity index (χ0n) is 19.3. The molecular formula is C26H26N4O5. The lowest BCUT2D eigenvalue weighted by atomic mass is 9.98. The number of carbonyl (C=O) groups excluding carboxylic acids is 2. The minimum atomic E-state index is -1.08. The molecule has 35 heavy (non-hydrogen) atoms. The molecule has 0 radical (unpaired) electrons. The second kappa shape index (κ2) is 9.25. The Bertz CT molecular complexity index is 1250. The molecule has 0 bridgehead atoms. The first-order valence-corrected chi connectivity index (χ1v) is 11.7. The van der Waals surface area contributed by atoms with Gasteiger partial charge in [-0.25, -0.2) is 9.59 Å². The first kappa shape index (κ1) is 22.6. The second-order valence-corrected chi connectivity index (χ2v) is 8.72. The molecule has 2 heterocycles. The van der Waals surface area contributed by atoms with Crippen LogP contribution in [-0.2, 0) is 22.6 Å². The number of aromatic nitrogens is 2. The van der Waals surface area contributed by atoms with Crippen LogP contribution in [0, 0.1) is 0 Å². The van der Waals surface area contributed by atoms with Crippen molar-refractivity contribution in [3.8, 4) is 11.1 Å². The number of amides is 2. The van der Waals surface area contributed by atoms with Crippen molar-refractivity contribution >= 4 is 18.0 Å². The maximum absolute atomic E-state index is 13.1. The lowest BCUT2D eigenvalue weighted by molar-refractivity contribution is -0.135. The molecule has 1 aromatic heterocycles. The predicted molar refractivity (Wildman–Crippen MR) is 127 cm³/mol. The summed E-state index contributed by atoms with van der Waals surface area (Å²) in [7, 11) is 0. The van der Waals surface area contributed by atoms with Crippen LogP contribution in [0.1, 0.15) is 46.4 Å². The number of carboxylic acids is 1. The van der Waals surface area contributed by atoms with Gasteiger partial charge in [0.25, 0.3) is 0 Å². The Morgan fingerprint density at radius 3 is 2.37 bits per heavy atom. The van der Waals surface area contributed by atoms with Crippen LogP contribution in [-0.4, -0.2) is 57.0 Å². The third-order valence-electron chi connectivity index (χ3n) is 6.76. The van der Waals surface area contributed by atoms with E-state index >= 15 is 0 Å². The molecule has 0 unspecified atom stereocenters. The number of hydrogen-bond acceptors (Lipinski definition) is 5. The van der Waals surface area contributed by atoms with Gasteiger partial charge in [0.1, 0.15) is 18.2 Å². The highest BCUT2D eigenvalue weighted by Gasteiger charge is 2.32. The Hall–Kier alpha value is -4.14. The summed E-state index contributed by atoms with van der Waals surface area (Å²) in [6.45, 7) is 2.88. The molecule has 2 aliphatic rings. The van der Waals surface area contributed by atoms with Gasteiger partial charge in [-0.05, 0) is 28.7 Å². The first-order valence-electron chi connectivity index (χ1n) is 11.7. The molecule has 3 aromatic rings. The zero-order chi connectivity index (χ0) is 24.5. The number of hydrogen-bond donors (Lipinski definition) is 2. The van der Waals surface area contributed by atoms with E-state index in [1.165, 1.54) is 6.20 Å². The van der Waals surface area contributed by atoms with Gasteiger partial charge in [0.15, 0.2) is 0 Å². The molecule has 0 spiro atoms. The van der Waals surface area contributed by atoms with E-state index in [1.807, 2.05) is 43.3 Å². The smallest absolute Gasteiger partial charge is 0.407 e. The Labute approximate surface area is 202 Å². The summed E-state index contributed by atoms with van der Waals surface area (Å²) in [5.41, 5.74) is 5.08. The largest absolute Gasteiger partial charge is 0.478 e. The van der Waals surface area contributed by atoms with Crippen LogP contribution in [0.15, 0.2) is 54.7 Å². The van der Waals surface area contributed by atoms with E-state index < -0.39 is 18.1 Å².